The van der Waals surface area contributed by atoms with E-state index in [4.69, 9.17) is 4.74 Å². The van der Waals surface area contributed by atoms with E-state index in [0.717, 1.165) is 30.4 Å². The number of allylic oxidation sites excluding steroid dienone is 2. The molecule has 4 bridgehead atoms. The molecule has 2 aromatic carbocycles. The highest BCUT2D eigenvalue weighted by atomic mass is 32.2. The van der Waals surface area contributed by atoms with Crippen molar-refractivity contribution in [2.45, 2.75) is 63.5 Å². The highest BCUT2D eigenvalue weighted by Gasteiger charge is 2.68. The zero-order valence-corrected chi connectivity index (χ0v) is 23.3. The number of carbonyl (C=O) groups excluding carboxylic acids is 1. The van der Waals surface area contributed by atoms with Gasteiger partial charge in [0.25, 0.3) is 0 Å². The molecule has 1 aliphatic heterocycles. The minimum atomic E-state index is -3.81. The molecule has 6 heteroatoms. The monoisotopic (exact) mass is 533 g/mol. The average molecular weight is 534 g/mol. The Morgan fingerprint density at radius 1 is 1.11 bits per heavy atom. The van der Waals surface area contributed by atoms with Crippen LogP contribution in [-0.4, -0.2) is 37.7 Å². The van der Waals surface area contributed by atoms with Crippen LogP contribution in [0.2, 0.25) is 0 Å². The molecule has 0 unspecified atom stereocenters. The van der Waals surface area contributed by atoms with Crippen molar-refractivity contribution in [3.8, 4) is 0 Å². The SMILES string of the molecule is C=CC[C@H]1CC[C@@H]2CN(S(=O)(=O)c3ccc(C)cc3)[C@H]3C=CC[C@]2(C)[C@@]3(CCOCc2ccccc2)C1=O. The van der Waals surface area contributed by atoms with E-state index in [2.05, 4.69) is 19.6 Å². The fraction of sp³-hybridized carbons (Fsp3) is 0.469. The van der Waals surface area contributed by atoms with Gasteiger partial charge in [-0.1, -0.05) is 73.2 Å². The minimum Gasteiger partial charge on any atom is -0.377 e. The molecule has 202 valence electrons. The number of piperidine rings is 1. The van der Waals surface area contributed by atoms with Gasteiger partial charge in [-0.05, 0) is 68.1 Å². The molecule has 5 rings (SSSR count). The summed E-state index contributed by atoms with van der Waals surface area (Å²) in [6.45, 7) is 9.40. The van der Waals surface area contributed by atoms with Gasteiger partial charge in [-0.3, -0.25) is 4.79 Å². The predicted molar refractivity (Wildman–Crippen MR) is 150 cm³/mol. The second-order valence-electron chi connectivity index (χ2n) is 11.5. The van der Waals surface area contributed by atoms with E-state index in [1.165, 1.54) is 0 Å². The van der Waals surface area contributed by atoms with Crippen molar-refractivity contribution in [2.75, 3.05) is 13.2 Å². The largest absolute Gasteiger partial charge is 0.377 e. The van der Waals surface area contributed by atoms with E-state index in [1.54, 1.807) is 16.4 Å². The summed E-state index contributed by atoms with van der Waals surface area (Å²) in [6.07, 6.45) is 9.43. The number of hydrogen-bond donors (Lipinski definition) is 0. The van der Waals surface area contributed by atoms with Crippen LogP contribution in [-0.2, 0) is 26.2 Å². The summed E-state index contributed by atoms with van der Waals surface area (Å²) in [6, 6.07) is 16.5. The molecule has 2 aromatic rings. The van der Waals surface area contributed by atoms with E-state index < -0.39 is 21.5 Å². The van der Waals surface area contributed by atoms with Gasteiger partial charge in [0, 0.05) is 19.1 Å². The molecule has 0 amide bonds. The summed E-state index contributed by atoms with van der Waals surface area (Å²) in [5.41, 5.74) is 0.895. The first-order valence-corrected chi connectivity index (χ1v) is 15.2. The average Bonchev–Trinajstić information content (AvgIpc) is 2.95. The van der Waals surface area contributed by atoms with Gasteiger partial charge in [-0.2, -0.15) is 4.31 Å². The highest BCUT2D eigenvalue weighted by molar-refractivity contribution is 7.89. The Morgan fingerprint density at radius 3 is 2.55 bits per heavy atom. The van der Waals surface area contributed by atoms with Crippen LogP contribution in [0.5, 0.6) is 0 Å². The zero-order chi connectivity index (χ0) is 27.0. The van der Waals surface area contributed by atoms with E-state index in [9.17, 15) is 13.2 Å². The Labute approximate surface area is 227 Å². The molecule has 0 radical (unpaired) electrons. The van der Waals surface area contributed by atoms with Crippen molar-refractivity contribution in [2.24, 2.45) is 22.7 Å². The first-order chi connectivity index (χ1) is 18.2. The Morgan fingerprint density at radius 2 is 1.84 bits per heavy atom. The molecule has 0 spiro atoms. The number of ketones is 1. The predicted octanol–water partition coefficient (Wildman–Crippen LogP) is 6.10. The number of sulfonamides is 1. The molecular weight excluding hydrogens is 494 g/mol. The lowest BCUT2D eigenvalue weighted by Crippen LogP contribution is -2.69. The zero-order valence-electron chi connectivity index (χ0n) is 22.5. The van der Waals surface area contributed by atoms with E-state index in [0.29, 0.717) is 32.6 Å². The van der Waals surface area contributed by atoms with E-state index in [-0.39, 0.29) is 27.9 Å². The molecule has 3 aliphatic rings. The van der Waals surface area contributed by atoms with Gasteiger partial charge >= 0.3 is 0 Å². The third kappa shape index (κ3) is 4.41. The molecule has 0 N–H and O–H groups in total. The number of carbonyl (C=O) groups is 1. The summed E-state index contributed by atoms with van der Waals surface area (Å²) in [5.74, 6) is 0.114. The smallest absolute Gasteiger partial charge is 0.243 e. The lowest BCUT2D eigenvalue weighted by atomic mass is 9.47. The molecule has 1 heterocycles. The van der Waals surface area contributed by atoms with Crippen molar-refractivity contribution < 1.29 is 17.9 Å². The summed E-state index contributed by atoms with van der Waals surface area (Å²) >= 11 is 0. The third-order valence-electron chi connectivity index (χ3n) is 9.50. The van der Waals surface area contributed by atoms with Crippen LogP contribution in [0.3, 0.4) is 0 Å². The number of benzene rings is 2. The molecule has 0 aromatic heterocycles. The number of rotatable bonds is 9. The minimum absolute atomic E-state index is 0.0804. The summed E-state index contributed by atoms with van der Waals surface area (Å²) < 4.78 is 36.1. The number of ether oxygens (including phenoxy) is 1. The molecule has 38 heavy (non-hydrogen) atoms. The van der Waals surface area contributed by atoms with Crippen LogP contribution in [0.4, 0.5) is 0 Å². The lowest BCUT2D eigenvalue weighted by molar-refractivity contribution is -0.159. The van der Waals surface area contributed by atoms with Crippen LogP contribution in [0.25, 0.3) is 0 Å². The maximum absolute atomic E-state index is 14.6. The second-order valence-corrected chi connectivity index (χ2v) is 13.4. The topological polar surface area (TPSA) is 63.7 Å². The fourth-order valence-corrected chi connectivity index (χ4v) is 9.02. The summed E-state index contributed by atoms with van der Waals surface area (Å²) in [7, 11) is -3.81. The highest BCUT2D eigenvalue weighted by Crippen LogP contribution is 2.64. The quantitative estimate of drug-likeness (QED) is 0.289. The second kappa shape index (κ2) is 10.6. The number of Topliss-reactive ketones (excluding diaryl/α,β-unsaturated/α-hetero) is 1. The van der Waals surface area contributed by atoms with Crippen molar-refractivity contribution in [1.29, 1.82) is 0 Å². The van der Waals surface area contributed by atoms with Gasteiger partial charge < -0.3 is 4.74 Å². The van der Waals surface area contributed by atoms with E-state index in [1.807, 2.05) is 61.5 Å². The first-order valence-electron chi connectivity index (χ1n) is 13.8. The van der Waals surface area contributed by atoms with Crippen molar-refractivity contribution >= 4 is 15.8 Å². The van der Waals surface area contributed by atoms with Gasteiger partial charge in [-0.25, -0.2) is 8.42 Å². The van der Waals surface area contributed by atoms with Gasteiger partial charge in [-0.15, -0.1) is 6.58 Å². The van der Waals surface area contributed by atoms with Crippen molar-refractivity contribution in [3.05, 3.63) is 90.5 Å². The standard InChI is InChI=1S/C32H39NO4S/c1-4-9-26-15-16-27-22-33(38(35,36)28-17-13-24(2)14-18-28)29-12-8-19-31(27,3)32(29,30(26)34)20-21-37-23-25-10-6-5-7-11-25/h4-8,10-14,17-18,26-27,29H,1,9,15-16,19-23H2,2-3H3/t26-,27+,29-,31-,32+/m0/s1. The van der Waals surface area contributed by atoms with Gasteiger partial charge in [0.2, 0.25) is 10.0 Å². The number of hydrogen-bond acceptors (Lipinski definition) is 4. The van der Waals surface area contributed by atoms with Gasteiger partial charge in [0.05, 0.1) is 23.0 Å². The van der Waals surface area contributed by atoms with Gasteiger partial charge in [0.15, 0.2) is 0 Å². The fourth-order valence-electron chi connectivity index (χ4n) is 7.34. The molecule has 1 saturated heterocycles. The molecule has 2 aliphatic carbocycles. The van der Waals surface area contributed by atoms with Crippen molar-refractivity contribution in [3.63, 3.8) is 0 Å². The van der Waals surface area contributed by atoms with Crippen LogP contribution < -0.4 is 0 Å². The summed E-state index contributed by atoms with van der Waals surface area (Å²) in [5, 5.41) is 0. The third-order valence-corrected chi connectivity index (χ3v) is 11.4. The van der Waals surface area contributed by atoms with Crippen LogP contribution >= 0.6 is 0 Å². The Kier molecular flexibility index (Phi) is 7.51. The molecule has 2 fully saturated rings. The Bertz CT molecular complexity index is 1300. The Balaban J connectivity index is 1.56. The molecule has 5 atom stereocenters. The molecular formula is C32H39NO4S. The van der Waals surface area contributed by atoms with Gasteiger partial charge in [0.1, 0.15) is 5.78 Å². The first kappa shape index (κ1) is 27.0. The maximum atomic E-state index is 14.6. The summed E-state index contributed by atoms with van der Waals surface area (Å²) in [4.78, 5) is 14.9. The van der Waals surface area contributed by atoms with Crippen LogP contribution in [0, 0.1) is 29.6 Å². The Hall–Kier alpha value is -2.54. The normalized spacial score (nSPS) is 31.1. The molecule has 1 saturated carbocycles. The molecule has 5 nitrogen and oxygen atoms in total. The number of nitrogens with zero attached hydrogens (tertiary/aromatic N) is 1. The maximum Gasteiger partial charge on any atom is 0.243 e. The number of aryl methyl sites for hydroxylation is 1. The lowest BCUT2D eigenvalue weighted by Gasteiger charge is -2.62. The van der Waals surface area contributed by atoms with Crippen LogP contribution in [0.1, 0.15) is 50.2 Å². The van der Waals surface area contributed by atoms with E-state index >= 15 is 0 Å². The van der Waals surface area contributed by atoms with Crippen molar-refractivity contribution in [1.82, 2.24) is 4.31 Å². The van der Waals surface area contributed by atoms with Crippen LogP contribution in [0.15, 0.2) is 84.3 Å².